The fraction of sp³-hybridized carbons (Fsp3) is 0.750. The summed E-state index contributed by atoms with van der Waals surface area (Å²) in [7, 11) is 0. The molecule has 0 fully saturated rings. The van der Waals surface area contributed by atoms with Crippen LogP contribution in [0.4, 0.5) is 0 Å². The first-order valence-electron chi connectivity index (χ1n) is 20.5. The lowest BCUT2D eigenvalue weighted by atomic mass is 10.0. The van der Waals surface area contributed by atoms with E-state index in [2.05, 4.69) is 67.8 Å². The van der Waals surface area contributed by atoms with Gasteiger partial charge in [0.2, 0.25) is 5.91 Å². The van der Waals surface area contributed by atoms with Gasteiger partial charge in [-0.2, -0.15) is 0 Å². The van der Waals surface area contributed by atoms with E-state index in [1.807, 2.05) is 6.08 Å². The van der Waals surface area contributed by atoms with Crippen LogP contribution in [0.15, 0.2) is 60.8 Å². The van der Waals surface area contributed by atoms with Crippen molar-refractivity contribution in [3.05, 3.63) is 60.8 Å². The van der Waals surface area contributed by atoms with Crippen LogP contribution in [-0.4, -0.2) is 34.9 Å². The third-order valence-electron chi connectivity index (χ3n) is 9.01. The minimum atomic E-state index is -0.837. The van der Waals surface area contributed by atoms with E-state index in [0.29, 0.717) is 6.42 Å². The number of rotatable bonds is 36. The fourth-order valence-corrected chi connectivity index (χ4v) is 5.87. The summed E-state index contributed by atoms with van der Waals surface area (Å²) >= 11 is 0. The minimum Gasteiger partial charge on any atom is -0.394 e. The van der Waals surface area contributed by atoms with Gasteiger partial charge < -0.3 is 15.5 Å². The first kappa shape index (κ1) is 46.1. The highest BCUT2D eigenvalue weighted by Crippen LogP contribution is 2.14. The van der Waals surface area contributed by atoms with Crippen LogP contribution in [0, 0.1) is 0 Å². The monoisotopic (exact) mass is 670 g/mol. The van der Waals surface area contributed by atoms with Crippen molar-refractivity contribution in [2.45, 2.75) is 206 Å². The van der Waals surface area contributed by atoms with Crippen LogP contribution in [-0.2, 0) is 4.79 Å². The lowest BCUT2D eigenvalue weighted by molar-refractivity contribution is -0.123. The van der Waals surface area contributed by atoms with Gasteiger partial charge in [0.05, 0.1) is 18.8 Å². The molecule has 0 saturated carbocycles. The van der Waals surface area contributed by atoms with Gasteiger partial charge in [-0.05, 0) is 57.8 Å². The van der Waals surface area contributed by atoms with E-state index in [-0.39, 0.29) is 12.5 Å². The van der Waals surface area contributed by atoms with Crippen molar-refractivity contribution in [3.8, 4) is 0 Å². The minimum absolute atomic E-state index is 0.0700. The van der Waals surface area contributed by atoms with Crippen LogP contribution in [0.2, 0.25) is 0 Å². The molecule has 0 aliphatic carbocycles. The summed E-state index contributed by atoms with van der Waals surface area (Å²) < 4.78 is 0. The van der Waals surface area contributed by atoms with Crippen molar-refractivity contribution in [2.24, 2.45) is 0 Å². The summed E-state index contributed by atoms with van der Waals surface area (Å²) in [6, 6.07) is -0.621. The number of amides is 1. The summed E-state index contributed by atoms with van der Waals surface area (Å²) in [5.41, 5.74) is 0. The molecule has 1 amide bonds. The lowest BCUT2D eigenvalue weighted by Gasteiger charge is -2.20. The Kier molecular flexibility index (Phi) is 38.0. The molecule has 0 heterocycles. The topological polar surface area (TPSA) is 69.6 Å². The van der Waals surface area contributed by atoms with Gasteiger partial charge in [0.25, 0.3) is 0 Å². The summed E-state index contributed by atoms with van der Waals surface area (Å²) in [5, 5.41) is 22.8. The van der Waals surface area contributed by atoms with Crippen molar-refractivity contribution in [1.29, 1.82) is 0 Å². The number of hydrogen-bond acceptors (Lipinski definition) is 3. The number of unbranched alkanes of at least 4 members (excludes halogenated alkanes) is 21. The Morgan fingerprint density at radius 3 is 1.38 bits per heavy atom. The predicted octanol–water partition coefficient (Wildman–Crippen LogP) is 12.6. The van der Waals surface area contributed by atoms with Gasteiger partial charge in [0.15, 0.2) is 0 Å². The van der Waals surface area contributed by atoms with Crippen LogP contribution in [0.3, 0.4) is 0 Å². The highest BCUT2D eigenvalue weighted by molar-refractivity contribution is 5.76. The highest BCUT2D eigenvalue weighted by atomic mass is 16.3. The van der Waals surface area contributed by atoms with Crippen molar-refractivity contribution in [1.82, 2.24) is 5.32 Å². The molecule has 2 unspecified atom stereocenters. The summed E-state index contributed by atoms with van der Waals surface area (Å²) in [4.78, 5) is 12.3. The molecule has 0 aromatic carbocycles. The molecular weight excluding hydrogens is 590 g/mol. The Balaban J connectivity index is 3.51. The standard InChI is InChI=1S/C44H79NO3/c1-3-5-7-9-11-13-14-15-16-17-18-19-20-21-22-23-24-25-26-27-28-29-30-32-34-36-38-40-44(48)45-42(41-46)43(47)39-37-35-33-31-12-10-8-6-4-2/h5,7,11,13,15-16,18-19,37,39,42-43,46-47H,3-4,6,8-10,12,14,17,20-36,38,40-41H2,1-2H3,(H,45,48)/b7-5-,13-11-,16-15-,19-18-,39-37+. The third kappa shape index (κ3) is 35.4. The summed E-state index contributed by atoms with van der Waals surface area (Å²) in [5.74, 6) is -0.0700. The van der Waals surface area contributed by atoms with Gasteiger partial charge in [-0.15, -0.1) is 0 Å². The second kappa shape index (κ2) is 39.5. The Labute approximate surface area is 298 Å². The highest BCUT2D eigenvalue weighted by Gasteiger charge is 2.17. The van der Waals surface area contributed by atoms with Gasteiger partial charge in [-0.25, -0.2) is 0 Å². The zero-order valence-corrected chi connectivity index (χ0v) is 31.7. The van der Waals surface area contributed by atoms with Gasteiger partial charge in [-0.1, -0.05) is 190 Å². The molecule has 2 atom stereocenters. The zero-order chi connectivity index (χ0) is 35.0. The molecule has 278 valence electrons. The van der Waals surface area contributed by atoms with E-state index in [1.165, 1.54) is 122 Å². The second-order valence-electron chi connectivity index (χ2n) is 13.7. The third-order valence-corrected chi connectivity index (χ3v) is 9.01. The molecule has 4 heteroatoms. The average molecular weight is 670 g/mol. The molecule has 0 aliphatic rings. The molecule has 0 bridgehead atoms. The maximum Gasteiger partial charge on any atom is 0.220 e. The lowest BCUT2D eigenvalue weighted by Crippen LogP contribution is -2.45. The van der Waals surface area contributed by atoms with E-state index in [4.69, 9.17) is 0 Å². The number of carbonyl (C=O) groups excluding carboxylic acids is 1. The second-order valence-corrected chi connectivity index (χ2v) is 13.7. The maximum atomic E-state index is 12.3. The Bertz CT molecular complexity index is 812. The van der Waals surface area contributed by atoms with Gasteiger partial charge in [-0.3, -0.25) is 4.79 Å². The number of aliphatic hydroxyl groups excluding tert-OH is 2. The molecule has 0 aromatic rings. The fourth-order valence-electron chi connectivity index (χ4n) is 5.87. The average Bonchev–Trinajstić information content (AvgIpc) is 3.09. The van der Waals surface area contributed by atoms with Crippen molar-refractivity contribution >= 4 is 5.91 Å². The SMILES string of the molecule is CC/C=C\C/C=C\C/C=C\C/C=C\CCCCCCCCCCCCCCCCC(=O)NC(CO)C(O)/C=C/CCCCCCCCC. The van der Waals surface area contributed by atoms with Gasteiger partial charge >= 0.3 is 0 Å². The Morgan fingerprint density at radius 1 is 0.521 bits per heavy atom. The van der Waals surface area contributed by atoms with Gasteiger partial charge in [0.1, 0.15) is 0 Å². The maximum absolute atomic E-state index is 12.3. The molecule has 0 radical (unpaired) electrons. The Morgan fingerprint density at radius 2 is 0.917 bits per heavy atom. The Hall–Kier alpha value is -1.91. The van der Waals surface area contributed by atoms with E-state index in [0.717, 1.165) is 51.4 Å². The van der Waals surface area contributed by atoms with E-state index >= 15 is 0 Å². The van der Waals surface area contributed by atoms with Crippen LogP contribution in [0.25, 0.3) is 0 Å². The van der Waals surface area contributed by atoms with Crippen LogP contribution >= 0.6 is 0 Å². The number of nitrogens with one attached hydrogen (secondary N) is 1. The first-order chi connectivity index (χ1) is 23.7. The smallest absolute Gasteiger partial charge is 0.220 e. The molecule has 48 heavy (non-hydrogen) atoms. The molecule has 0 aromatic heterocycles. The van der Waals surface area contributed by atoms with E-state index in [1.54, 1.807) is 6.08 Å². The number of allylic oxidation sites excluding steroid dienone is 9. The largest absolute Gasteiger partial charge is 0.394 e. The molecule has 0 aliphatic heterocycles. The molecule has 3 N–H and O–H groups in total. The van der Waals surface area contributed by atoms with Crippen molar-refractivity contribution in [2.75, 3.05) is 6.61 Å². The van der Waals surface area contributed by atoms with Crippen LogP contribution in [0.5, 0.6) is 0 Å². The molecule has 0 spiro atoms. The van der Waals surface area contributed by atoms with E-state index in [9.17, 15) is 15.0 Å². The number of aliphatic hydroxyl groups is 2. The normalized spacial score (nSPS) is 13.7. The van der Waals surface area contributed by atoms with Gasteiger partial charge in [0, 0.05) is 6.42 Å². The molecule has 0 saturated heterocycles. The molecule has 0 rings (SSSR count). The van der Waals surface area contributed by atoms with Crippen molar-refractivity contribution < 1.29 is 15.0 Å². The number of hydrogen-bond donors (Lipinski definition) is 3. The summed E-state index contributed by atoms with van der Waals surface area (Å²) in [6.45, 7) is 4.16. The van der Waals surface area contributed by atoms with Crippen LogP contribution < -0.4 is 5.32 Å². The number of carbonyl (C=O) groups is 1. The van der Waals surface area contributed by atoms with Crippen LogP contribution in [0.1, 0.15) is 194 Å². The predicted molar refractivity (Wildman–Crippen MR) is 211 cm³/mol. The van der Waals surface area contributed by atoms with E-state index < -0.39 is 12.1 Å². The first-order valence-corrected chi connectivity index (χ1v) is 20.5. The molecular formula is C44H79NO3. The molecule has 4 nitrogen and oxygen atoms in total. The quantitative estimate of drug-likeness (QED) is 0.0459. The summed E-state index contributed by atoms with van der Waals surface area (Å²) in [6.07, 6.45) is 54.7. The zero-order valence-electron chi connectivity index (χ0n) is 31.7. The van der Waals surface area contributed by atoms with Crippen molar-refractivity contribution in [3.63, 3.8) is 0 Å².